The molecule has 0 bridgehead atoms. The molecule has 0 aromatic heterocycles. The van der Waals surface area contributed by atoms with E-state index in [9.17, 15) is 10.0 Å². The minimum Gasteiger partial charge on any atom is -0.353 e. The van der Waals surface area contributed by atoms with Crippen molar-refractivity contribution in [2.24, 2.45) is 23.5 Å². The lowest BCUT2D eigenvalue weighted by Crippen LogP contribution is -2.62. The molecule has 2 aliphatic rings. The van der Waals surface area contributed by atoms with Gasteiger partial charge in [-0.1, -0.05) is 13.8 Å². The van der Waals surface area contributed by atoms with Crippen LogP contribution in [0.4, 0.5) is 0 Å². The third-order valence-corrected chi connectivity index (χ3v) is 5.72. The average Bonchev–Trinajstić information content (AvgIpc) is 3.13. The van der Waals surface area contributed by atoms with Gasteiger partial charge in [0.15, 0.2) is 0 Å². The van der Waals surface area contributed by atoms with Gasteiger partial charge in [0.1, 0.15) is 0 Å². The number of hydroxylamine groups is 2. The van der Waals surface area contributed by atoms with E-state index in [1.54, 1.807) is 0 Å². The number of piperidine rings is 1. The zero-order valence-corrected chi connectivity index (χ0v) is 16.3. The molecule has 24 heavy (non-hydrogen) atoms. The molecule has 1 aliphatic carbocycles. The van der Waals surface area contributed by atoms with Gasteiger partial charge in [0.25, 0.3) is 0 Å². The topological polar surface area (TPSA) is 78.6 Å². The monoisotopic (exact) mass is 339 g/mol. The third-order valence-electron chi connectivity index (χ3n) is 5.72. The molecule has 2 fully saturated rings. The maximum Gasteiger partial charge on any atom is 0.220 e. The lowest BCUT2D eigenvalue weighted by atomic mass is 9.79. The number of nitrogens with one attached hydrogen (secondary N) is 1. The van der Waals surface area contributed by atoms with Crippen molar-refractivity contribution in [3.05, 3.63) is 0 Å². The first-order valence-corrected chi connectivity index (χ1v) is 9.46. The summed E-state index contributed by atoms with van der Waals surface area (Å²) in [5, 5.41) is 15.0. The third kappa shape index (κ3) is 4.70. The number of hydrogen-bond acceptors (Lipinski definition) is 4. The summed E-state index contributed by atoms with van der Waals surface area (Å²) in [7, 11) is 0. The molecule has 1 amide bonds. The second-order valence-electron chi connectivity index (χ2n) is 9.77. The van der Waals surface area contributed by atoms with E-state index in [4.69, 9.17) is 5.73 Å². The molecule has 3 atom stereocenters. The molecule has 5 heteroatoms. The Bertz CT molecular complexity index is 444. The van der Waals surface area contributed by atoms with E-state index in [-0.39, 0.29) is 29.1 Å². The van der Waals surface area contributed by atoms with Crippen LogP contribution in [0.1, 0.15) is 73.6 Å². The Morgan fingerprint density at radius 2 is 1.79 bits per heavy atom. The Morgan fingerprint density at radius 1 is 1.25 bits per heavy atom. The normalized spacial score (nSPS) is 31.0. The van der Waals surface area contributed by atoms with Gasteiger partial charge in [-0.15, -0.1) is 0 Å². The van der Waals surface area contributed by atoms with E-state index in [1.165, 1.54) is 5.06 Å². The van der Waals surface area contributed by atoms with Gasteiger partial charge in [-0.25, -0.2) is 0 Å². The summed E-state index contributed by atoms with van der Waals surface area (Å²) >= 11 is 0. The SMILES string of the molecule is CC(C)C[C@H](N)C1CC1CC(=O)NC1CC(C)(C)N(O)C(C)(C)C1. The van der Waals surface area contributed by atoms with Crippen LogP contribution in [0.5, 0.6) is 0 Å². The quantitative estimate of drug-likeness (QED) is 0.695. The Balaban J connectivity index is 1.81. The van der Waals surface area contributed by atoms with Gasteiger partial charge in [0, 0.05) is 29.6 Å². The van der Waals surface area contributed by atoms with Gasteiger partial charge in [0.2, 0.25) is 5.91 Å². The van der Waals surface area contributed by atoms with Crippen LogP contribution in [0.3, 0.4) is 0 Å². The molecule has 1 aliphatic heterocycles. The Morgan fingerprint density at radius 3 is 2.29 bits per heavy atom. The molecule has 0 aromatic rings. The van der Waals surface area contributed by atoms with E-state index in [2.05, 4.69) is 19.2 Å². The van der Waals surface area contributed by atoms with Crippen LogP contribution in [-0.4, -0.2) is 39.3 Å². The van der Waals surface area contributed by atoms with Crippen molar-refractivity contribution in [1.82, 2.24) is 10.4 Å². The van der Waals surface area contributed by atoms with Crippen molar-refractivity contribution in [3.8, 4) is 0 Å². The molecule has 1 saturated carbocycles. The van der Waals surface area contributed by atoms with Gasteiger partial charge in [-0.2, -0.15) is 5.06 Å². The smallest absolute Gasteiger partial charge is 0.220 e. The van der Waals surface area contributed by atoms with Crippen molar-refractivity contribution >= 4 is 5.91 Å². The predicted octanol–water partition coefficient (Wildman–Crippen LogP) is 2.91. The molecular formula is C19H37N3O2. The zero-order chi connectivity index (χ0) is 18.3. The Hall–Kier alpha value is -0.650. The zero-order valence-electron chi connectivity index (χ0n) is 16.3. The highest BCUT2D eigenvalue weighted by Crippen LogP contribution is 2.44. The van der Waals surface area contributed by atoms with E-state index in [1.807, 2.05) is 27.7 Å². The van der Waals surface area contributed by atoms with E-state index in [0.717, 1.165) is 25.7 Å². The second-order valence-corrected chi connectivity index (χ2v) is 9.77. The van der Waals surface area contributed by atoms with Gasteiger partial charge in [-0.05, 0) is 71.1 Å². The van der Waals surface area contributed by atoms with Crippen molar-refractivity contribution in [3.63, 3.8) is 0 Å². The largest absolute Gasteiger partial charge is 0.353 e. The molecule has 0 radical (unpaired) electrons. The molecule has 0 spiro atoms. The standard InChI is InChI=1S/C19H37N3O2/c1-12(2)7-16(20)15-8-13(15)9-17(23)21-14-10-18(3,4)22(24)19(5,6)11-14/h12-16,24H,7-11,20H2,1-6H3,(H,21,23)/t13?,15?,16-/m0/s1. The minimum atomic E-state index is -0.332. The maximum absolute atomic E-state index is 12.4. The first-order valence-electron chi connectivity index (χ1n) is 9.46. The summed E-state index contributed by atoms with van der Waals surface area (Å²) in [5.41, 5.74) is 5.59. The Kier molecular flexibility index (Phi) is 5.68. The number of hydrogen-bond donors (Lipinski definition) is 3. The summed E-state index contributed by atoms with van der Waals surface area (Å²) in [5.74, 6) is 1.73. The van der Waals surface area contributed by atoms with Crippen molar-refractivity contribution < 1.29 is 10.0 Å². The van der Waals surface area contributed by atoms with Crippen LogP contribution in [0.2, 0.25) is 0 Å². The number of amides is 1. The number of nitrogens with two attached hydrogens (primary N) is 1. The molecule has 0 aromatic carbocycles. The molecule has 4 N–H and O–H groups in total. The summed E-state index contributed by atoms with van der Waals surface area (Å²) in [6.45, 7) is 12.5. The summed E-state index contributed by atoms with van der Waals surface area (Å²) in [4.78, 5) is 12.4. The Labute approximate surface area is 147 Å². The van der Waals surface area contributed by atoms with Crippen molar-refractivity contribution in [2.75, 3.05) is 0 Å². The first kappa shape index (κ1) is 19.7. The number of carbonyl (C=O) groups excluding carboxylic acids is 1. The predicted molar refractivity (Wildman–Crippen MR) is 96.6 cm³/mol. The fraction of sp³-hybridized carbons (Fsp3) is 0.947. The lowest BCUT2D eigenvalue weighted by Gasteiger charge is -2.51. The second kappa shape index (κ2) is 6.93. The van der Waals surface area contributed by atoms with E-state index in [0.29, 0.717) is 24.2 Å². The molecule has 5 nitrogen and oxygen atoms in total. The molecule has 2 rings (SSSR count). The number of nitrogens with zero attached hydrogens (tertiary/aromatic N) is 1. The molecule has 1 heterocycles. The van der Waals surface area contributed by atoms with Crippen LogP contribution in [-0.2, 0) is 4.79 Å². The highest BCUT2D eigenvalue weighted by atomic mass is 16.5. The van der Waals surface area contributed by atoms with Crippen LogP contribution >= 0.6 is 0 Å². The summed E-state index contributed by atoms with van der Waals surface area (Å²) in [6, 6.07) is 0.353. The van der Waals surface area contributed by atoms with Gasteiger partial charge < -0.3 is 16.3 Å². The van der Waals surface area contributed by atoms with E-state index >= 15 is 0 Å². The number of carbonyl (C=O) groups is 1. The number of rotatable bonds is 6. The van der Waals surface area contributed by atoms with Crippen LogP contribution < -0.4 is 11.1 Å². The van der Waals surface area contributed by atoms with Crippen LogP contribution in [0, 0.1) is 17.8 Å². The average molecular weight is 340 g/mol. The van der Waals surface area contributed by atoms with Crippen LogP contribution in [0.15, 0.2) is 0 Å². The lowest BCUT2D eigenvalue weighted by molar-refractivity contribution is -0.246. The van der Waals surface area contributed by atoms with Crippen molar-refractivity contribution in [1.29, 1.82) is 0 Å². The van der Waals surface area contributed by atoms with Gasteiger partial charge in [-0.3, -0.25) is 4.79 Å². The van der Waals surface area contributed by atoms with Gasteiger partial charge in [0.05, 0.1) is 0 Å². The molecule has 140 valence electrons. The molecule has 2 unspecified atom stereocenters. The fourth-order valence-electron chi connectivity index (χ4n) is 4.65. The summed E-state index contributed by atoms with van der Waals surface area (Å²) < 4.78 is 0. The van der Waals surface area contributed by atoms with E-state index < -0.39 is 0 Å². The minimum absolute atomic E-state index is 0.118. The molecule has 1 saturated heterocycles. The first-order chi connectivity index (χ1) is 10.9. The van der Waals surface area contributed by atoms with Crippen LogP contribution in [0.25, 0.3) is 0 Å². The van der Waals surface area contributed by atoms with Crippen molar-refractivity contribution in [2.45, 2.75) is 96.8 Å². The highest BCUT2D eigenvalue weighted by molar-refractivity contribution is 5.77. The highest BCUT2D eigenvalue weighted by Gasteiger charge is 2.46. The fourth-order valence-corrected chi connectivity index (χ4v) is 4.65. The maximum atomic E-state index is 12.4. The summed E-state index contributed by atoms with van der Waals surface area (Å²) in [6.07, 6.45) is 4.25. The molecular weight excluding hydrogens is 302 g/mol. The van der Waals surface area contributed by atoms with Gasteiger partial charge >= 0.3 is 0 Å².